The number of aliphatic imine (C=N–C) groups is 1. The first kappa shape index (κ1) is 40.9. The highest BCUT2D eigenvalue weighted by Crippen LogP contribution is 2.37. The van der Waals surface area contributed by atoms with Gasteiger partial charge in [-0.15, -0.1) is 5.73 Å². The molecular formula is C51H57N3. The first-order valence-electron chi connectivity index (χ1n) is 19.6. The van der Waals surface area contributed by atoms with E-state index in [0.717, 1.165) is 57.9 Å². The highest BCUT2D eigenvalue weighted by atomic mass is 15.2. The van der Waals surface area contributed by atoms with Gasteiger partial charge in [0.15, 0.2) is 0 Å². The molecule has 4 aliphatic rings. The summed E-state index contributed by atoms with van der Waals surface area (Å²) < 4.78 is 0. The van der Waals surface area contributed by atoms with Gasteiger partial charge in [0.2, 0.25) is 0 Å². The molecule has 0 saturated heterocycles. The minimum absolute atomic E-state index is 0.165. The summed E-state index contributed by atoms with van der Waals surface area (Å²) in [5, 5.41) is 0. The molecule has 3 heteroatoms. The highest BCUT2D eigenvalue weighted by Gasteiger charge is 2.22. The molecular weight excluding hydrogens is 655 g/mol. The maximum absolute atomic E-state index is 4.78. The summed E-state index contributed by atoms with van der Waals surface area (Å²) in [6, 6.07) is 28.0. The van der Waals surface area contributed by atoms with Gasteiger partial charge >= 0.3 is 0 Å². The Morgan fingerprint density at radius 1 is 0.852 bits per heavy atom. The summed E-state index contributed by atoms with van der Waals surface area (Å²) in [6.07, 6.45) is 29.7. The third-order valence-electron chi connectivity index (χ3n) is 8.94. The molecule has 0 bridgehead atoms. The van der Waals surface area contributed by atoms with Gasteiger partial charge < -0.3 is 9.80 Å². The lowest BCUT2D eigenvalue weighted by Gasteiger charge is -2.29. The van der Waals surface area contributed by atoms with E-state index in [1.807, 2.05) is 72.9 Å². The Hall–Kier alpha value is -5.89. The number of anilines is 2. The summed E-state index contributed by atoms with van der Waals surface area (Å²) in [4.78, 5) is 9.26. The number of benzene rings is 3. The second kappa shape index (κ2) is 21.0. The van der Waals surface area contributed by atoms with Gasteiger partial charge in [-0.25, -0.2) is 0 Å². The molecule has 54 heavy (non-hydrogen) atoms. The molecule has 2 atom stereocenters. The number of hydrogen-bond acceptors (Lipinski definition) is 3. The monoisotopic (exact) mass is 711 g/mol. The Morgan fingerprint density at radius 3 is 2.26 bits per heavy atom. The van der Waals surface area contributed by atoms with Crippen molar-refractivity contribution in [2.45, 2.75) is 73.4 Å². The maximum Gasteiger partial charge on any atom is 0.144 e. The van der Waals surface area contributed by atoms with Crippen LogP contribution >= 0.6 is 0 Å². The second-order valence-corrected chi connectivity index (χ2v) is 12.4. The fraction of sp³-hybridized carbons (Fsp3) is 0.216. The Balaban J connectivity index is 0.00000103. The molecule has 2 unspecified atom stereocenters. The summed E-state index contributed by atoms with van der Waals surface area (Å²) >= 11 is 0. The summed E-state index contributed by atoms with van der Waals surface area (Å²) in [7, 11) is 0. The van der Waals surface area contributed by atoms with Crippen LogP contribution in [0.5, 0.6) is 0 Å². The topological polar surface area (TPSA) is 18.8 Å². The van der Waals surface area contributed by atoms with E-state index in [4.69, 9.17) is 4.99 Å². The van der Waals surface area contributed by atoms with E-state index in [0.29, 0.717) is 5.92 Å². The van der Waals surface area contributed by atoms with Crippen LogP contribution < -0.4 is 9.80 Å². The fourth-order valence-corrected chi connectivity index (χ4v) is 6.47. The van der Waals surface area contributed by atoms with E-state index >= 15 is 0 Å². The zero-order chi connectivity index (χ0) is 38.9. The Morgan fingerprint density at radius 2 is 1.59 bits per heavy atom. The number of hydrogen-bond donors (Lipinski definition) is 0. The minimum atomic E-state index is -0.165. The van der Waals surface area contributed by atoms with Crippen LogP contribution in [-0.2, 0) is 0 Å². The molecule has 0 spiro atoms. The predicted octanol–water partition coefficient (Wildman–Crippen LogP) is 14.2. The van der Waals surface area contributed by atoms with Crippen LogP contribution in [0, 0.1) is 0 Å². The van der Waals surface area contributed by atoms with Gasteiger partial charge in [-0.3, -0.25) is 4.99 Å². The Kier molecular flexibility index (Phi) is 15.9. The van der Waals surface area contributed by atoms with Crippen LogP contribution in [0.4, 0.5) is 11.4 Å². The van der Waals surface area contributed by atoms with Crippen molar-refractivity contribution in [1.29, 1.82) is 0 Å². The van der Waals surface area contributed by atoms with E-state index in [2.05, 4.69) is 162 Å². The van der Waals surface area contributed by atoms with Crippen molar-refractivity contribution in [2.24, 2.45) is 4.99 Å². The molecule has 0 amide bonds. The third-order valence-corrected chi connectivity index (χ3v) is 8.94. The Bertz CT molecular complexity index is 2040. The maximum atomic E-state index is 4.78. The van der Waals surface area contributed by atoms with Gasteiger partial charge in [0.1, 0.15) is 6.17 Å². The molecule has 2 aliphatic heterocycles. The van der Waals surface area contributed by atoms with Crippen LogP contribution in [0.25, 0.3) is 11.1 Å². The van der Waals surface area contributed by atoms with Crippen molar-refractivity contribution in [3.05, 3.63) is 210 Å². The van der Waals surface area contributed by atoms with Crippen molar-refractivity contribution in [2.75, 3.05) is 9.80 Å². The number of rotatable bonds is 9. The van der Waals surface area contributed by atoms with E-state index in [-0.39, 0.29) is 6.17 Å². The first-order chi connectivity index (χ1) is 26.5. The SMILES string of the molecule is C=C(C)\C=C/C(=C\N(c1ccc(-c2ccccc2)cc1)C1C=CC=N1)C1=C/C(=C)N(c2cccc(C3C=CCC3)c2)C2=C(C=C=C2)/C=C\1.CC.CC.CC. The fourth-order valence-electron chi connectivity index (χ4n) is 6.47. The zero-order valence-corrected chi connectivity index (χ0v) is 33.3. The molecule has 2 heterocycles. The molecule has 0 aromatic heterocycles. The van der Waals surface area contributed by atoms with Gasteiger partial charge in [0, 0.05) is 47.1 Å². The van der Waals surface area contributed by atoms with Crippen LogP contribution in [-0.4, -0.2) is 12.4 Å². The molecule has 0 saturated carbocycles. The van der Waals surface area contributed by atoms with E-state index in [1.54, 1.807) is 0 Å². The quantitative estimate of drug-likeness (QED) is 0.125. The molecule has 0 fully saturated rings. The molecule has 3 nitrogen and oxygen atoms in total. The summed E-state index contributed by atoms with van der Waals surface area (Å²) in [5.41, 5.74) is 15.2. The highest BCUT2D eigenvalue weighted by molar-refractivity contribution is 5.76. The standard InChI is InChI=1S/C45H39N3.3C2H6/c1-33(2)21-22-41(32-47(45-20-11-29-46-45)42-27-25-37(26-28-42)35-12-5-4-6-13-35)40-24-23-38-16-10-19-44(38)48(34(3)30-40)43-18-9-17-39(31-43)36-14-7-8-15-36;3*1-2/h4-7,9,11-14,16-32,36,45H,1,3,8,15H2,2H3;3*1-2H3/b22-21-,24-23-,40-30+,41-32+;;;. The summed E-state index contributed by atoms with van der Waals surface area (Å²) in [6.45, 7) is 22.8. The molecule has 7 rings (SSSR count). The van der Waals surface area contributed by atoms with E-state index < -0.39 is 0 Å². The van der Waals surface area contributed by atoms with Crippen molar-refractivity contribution in [3.8, 4) is 11.1 Å². The molecule has 0 N–H and O–H groups in total. The van der Waals surface area contributed by atoms with Gasteiger partial charge in [0.25, 0.3) is 0 Å². The lowest BCUT2D eigenvalue weighted by molar-refractivity contribution is 0.800. The van der Waals surface area contributed by atoms with Crippen molar-refractivity contribution in [3.63, 3.8) is 0 Å². The van der Waals surface area contributed by atoms with Gasteiger partial charge in [-0.1, -0.05) is 151 Å². The van der Waals surface area contributed by atoms with Gasteiger partial charge in [-0.2, -0.15) is 0 Å². The average molecular weight is 712 g/mol. The number of nitrogens with zero attached hydrogens (tertiary/aromatic N) is 3. The van der Waals surface area contributed by atoms with Crippen LogP contribution in [0.3, 0.4) is 0 Å². The van der Waals surface area contributed by atoms with Crippen LogP contribution in [0.1, 0.15) is 72.8 Å². The summed E-state index contributed by atoms with van der Waals surface area (Å²) in [5.74, 6) is 0.450. The van der Waals surface area contributed by atoms with Crippen LogP contribution in [0.2, 0.25) is 0 Å². The molecule has 0 radical (unpaired) electrons. The third kappa shape index (κ3) is 10.2. The number of allylic oxidation sites excluding steroid dienone is 13. The van der Waals surface area contributed by atoms with Gasteiger partial charge in [-0.05, 0) is 96.2 Å². The molecule has 3 aromatic carbocycles. The average Bonchev–Trinajstić information content (AvgIpc) is 4.04. The zero-order valence-electron chi connectivity index (χ0n) is 33.3. The van der Waals surface area contributed by atoms with Crippen molar-refractivity contribution < 1.29 is 0 Å². The van der Waals surface area contributed by atoms with Crippen molar-refractivity contribution >= 4 is 17.6 Å². The lowest BCUT2D eigenvalue weighted by Crippen LogP contribution is -2.26. The minimum Gasteiger partial charge on any atom is -0.321 e. The lowest BCUT2D eigenvalue weighted by atomic mass is 9.97. The molecule has 276 valence electrons. The Labute approximate surface area is 325 Å². The second-order valence-electron chi connectivity index (χ2n) is 12.4. The van der Waals surface area contributed by atoms with Crippen LogP contribution in [0.15, 0.2) is 209 Å². The van der Waals surface area contributed by atoms with E-state index in [9.17, 15) is 0 Å². The predicted molar refractivity (Wildman–Crippen MR) is 238 cm³/mol. The van der Waals surface area contributed by atoms with E-state index in [1.165, 1.54) is 16.7 Å². The molecule has 2 aliphatic carbocycles. The first-order valence-corrected chi connectivity index (χ1v) is 19.6. The normalized spacial score (nSPS) is 19.5. The molecule has 3 aromatic rings. The smallest absolute Gasteiger partial charge is 0.144 e. The largest absolute Gasteiger partial charge is 0.321 e. The van der Waals surface area contributed by atoms with Crippen molar-refractivity contribution in [1.82, 2.24) is 0 Å². The van der Waals surface area contributed by atoms with Gasteiger partial charge in [0.05, 0.1) is 5.70 Å².